The molecule has 5 heteroatoms. The second-order valence-corrected chi connectivity index (χ2v) is 19.2. The lowest BCUT2D eigenvalue weighted by Crippen LogP contribution is -2.60. The molecular weight excluding hydrogens is 591 g/mol. The zero-order chi connectivity index (χ0) is 35.3. The van der Waals surface area contributed by atoms with Gasteiger partial charge in [-0.2, -0.15) is 0 Å². The maximum absolute atomic E-state index is 8.82. The molecule has 0 unspecified atom stereocenters. The second kappa shape index (κ2) is 10.3. The summed E-state index contributed by atoms with van der Waals surface area (Å²) in [5.41, 5.74) is 9.55. The predicted octanol–water partition coefficient (Wildman–Crippen LogP) is 9.20. The van der Waals surface area contributed by atoms with Crippen LogP contribution in [0.5, 0.6) is 0 Å². The predicted molar refractivity (Wildman–Crippen MR) is 204 cm³/mol. The smallest absolute Gasteiger partial charge is 0.264 e. The Labute approximate surface area is 283 Å². The van der Waals surface area contributed by atoms with Gasteiger partial charge in [-0.05, 0) is 70.6 Å². The van der Waals surface area contributed by atoms with Gasteiger partial charge >= 0.3 is 0 Å². The summed E-state index contributed by atoms with van der Waals surface area (Å²) < 4.78 is 45.1. The first-order chi connectivity index (χ1) is 24.5. The molecular formula is C41H33BN2SSi. The average Bonchev–Trinajstić information content (AvgIpc) is 3.52. The summed E-state index contributed by atoms with van der Waals surface area (Å²) in [6, 6.07) is 39.3. The van der Waals surface area contributed by atoms with E-state index in [1.54, 1.807) is 0 Å². The summed E-state index contributed by atoms with van der Waals surface area (Å²) in [6.07, 6.45) is 0. The second-order valence-electron chi connectivity index (χ2n) is 13.0. The summed E-state index contributed by atoms with van der Waals surface area (Å²) in [7, 11) is -1.57. The Morgan fingerprint density at radius 3 is 2.09 bits per heavy atom. The van der Waals surface area contributed by atoms with E-state index in [9.17, 15) is 0 Å². The lowest BCUT2D eigenvalue weighted by atomic mass is 9.36. The van der Waals surface area contributed by atoms with Crippen LogP contribution >= 0.6 is 11.3 Å². The maximum Gasteiger partial charge on any atom is 0.264 e. The molecule has 0 radical (unpaired) electrons. The van der Waals surface area contributed by atoms with Crippen LogP contribution in [0.3, 0.4) is 0 Å². The van der Waals surface area contributed by atoms with Crippen LogP contribution in [-0.4, -0.2) is 14.8 Å². The highest BCUT2D eigenvalue weighted by Gasteiger charge is 2.45. The molecule has 2 nitrogen and oxygen atoms in total. The lowest BCUT2D eigenvalue weighted by molar-refractivity contribution is 1.26. The van der Waals surface area contributed by atoms with Crippen molar-refractivity contribution in [2.45, 2.75) is 19.6 Å². The van der Waals surface area contributed by atoms with E-state index in [4.69, 9.17) is 6.85 Å². The van der Waals surface area contributed by atoms with Crippen molar-refractivity contribution in [3.63, 3.8) is 0 Å². The first kappa shape index (κ1) is 22.6. The number of fused-ring (bicyclic) bond motifs is 6. The van der Waals surface area contributed by atoms with Crippen LogP contribution < -0.4 is 30.7 Å². The van der Waals surface area contributed by atoms with Gasteiger partial charge in [-0.1, -0.05) is 122 Å². The van der Waals surface area contributed by atoms with Crippen molar-refractivity contribution in [3.05, 3.63) is 145 Å². The summed E-state index contributed by atoms with van der Waals surface area (Å²) >= 11 is 1.83. The zero-order valence-corrected chi connectivity index (χ0v) is 27.7. The Balaban J connectivity index is 1.36. The highest BCUT2D eigenvalue weighted by Crippen LogP contribution is 2.47. The Kier molecular flexibility index (Phi) is 5.09. The quantitative estimate of drug-likeness (QED) is 0.179. The van der Waals surface area contributed by atoms with Crippen molar-refractivity contribution in [1.82, 2.24) is 0 Å². The number of benzene rings is 6. The van der Waals surface area contributed by atoms with E-state index in [0.29, 0.717) is 5.56 Å². The molecule has 6 aromatic carbocycles. The molecule has 0 amide bonds. The minimum Gasteiger partial charge on any atom is -0.311 e. The molecule has 46 heavy (non-hydrogen) atoms. The van der Waals surface area contributed by atoms with Crippen molar-refractivity contribution in [2.24, 2.45) is 0 Å². The van der Waals surface area contributed by atoms with Crippen LogP contribution in [0.25, 0.3) is 21.2 Å². The third kappa shape index (κ3) is 4.15. The lowest BCUT2D eigenvalue weighted by Gasteiger charge is -2.43. The van der Waals surface area contributed by atoms with Gasteiger partial charge in [-0.3, -0.25) is 0 Å². The molecule has 0 bridgehead atoms. The highest BCUT2D eigenvalue weighted by molar-refractivity contribution is 7.33. The van der Waals surface area contributed by atoms with Gasteiger partial charge in [-0.15, -0.1) is 11.3 Å². The van der Waals surface area contributed by atoms with E-state index in [0.717, 1.165) is 33.9 Å². The molecule has 0 saturated heterocycles. The van der Waals surface area contributed by atoms with E-state index in [2.05, 4.69) is 133 Å². The molecule has 2 aliphatic rings. The number of anilines is 6. The molecule has 0 spiro atoms. The van der Waals surface area contributed by atoms with Gasteiger partial charge in [0.1, 0.15) is 0 Å². The van der Waals surface area contributed by atoms with Gasteiger partial charge in [0.05, 0.1) is 20.6 Å². The number of nitrogens with zero attached hydrogens (tertiary/aromatic N) is 2. The van der Waals surface area contributed by atoms with Gasteiger partial charge < -0.3 is 9.80 Å². The molecule has 3 heterocycles. The number of hydrogen-bond donors (Lipinski definition) is 0. The number of thiophene rings is 1. The van der Waals surface area contributed by atoms with E-state index < -0.39 is 8.07 Å². The first-order valence-corrected chi connectivity index (χ1v) is 20.0. The van der Waals surface area contributed by atoms with Crippen LogP contribution in [0.2, 0.25) is 19.6 Å². The Morgan fingerprint density at radius 1 is 0.630 bits per heavy atom. The molecule has 0 aliphatic carbocycles. The normalized spacial score (nSPS) is 14.9. The molecule has 0 fully saturated rings. The zero-order valence-electron chi connectivity index (χ0n) is 30.8. The van der Waals surface area contributed by atoms with Crippen molar-refractivity contribution in [3.8, 4) is 11.1 Å². The largest absolute Gasteiger partial charge is 0.311 e. The summed E-state index contributed by atoms with van der Waals surface area (Å²) in [5, 5.41) is 2.58. The van der Waals surface area contributed by atoms with Crippen LogP contribution in [0.1, 0.15) is 6.85 Å². The molecule has 0 saturated carbocycles. The topological polar surface area (TPSA) is 6.48 Å². The monoisotopic (exact) mass is 629 g/mol. The fourth-order valence-corrected chi connectivity index (χ4v) is 9.63. The van der Waals surface area contributed by atoms with Crippen LogP contribution in [0.4, 0.5) is 34.1 Å². The van der Waals surface area contributed by atoms with Crippen molar-refractivity contribution in [1.29, 1.82) is 0 Å². The van der Waals surface area contributed by atoms with Crippen LogP contribution in [-0.2, 0) is 0 Å². The standard InChI is InChI=1S/C41H33BN2SSi/c1-46(2,3)32-24-22-31(23-25-32)43-35-18-12-19-36-39(35)42(34-26-21-29(27-37(34)43)28-13-6-4-7-14-28)41-40(33-17-10-11-20-38(33)45-41)44(36)30-15-8-5-9-16-30/h4-27H,1-3H3/i4D,6D,7D,13D,14D. The summed E-state index contributed by atoms with van der Waals surface area (Å²) in [5.74, 6) is 0. The SMILES string of the molecule is [2H]c1c([2H])c([2H])c(-c2ccc3c(c2)N(c2ccc([Si](C)(C)C)cc2)c2cccc4c2B3c2sc3ccccc3c2N4c2ccccc2)c([2H])c1[2H]. The Morgan fingerprint density at radius 2 is 1.33 bits per heavy atom. The maximum atomic E-state index is 8.82. The minimum atomic E-state index is -1.57. The number of rotatable bonds is 4. The van der Waals surface area contributed by atoms with Crippen LogP contribution in [0, 0.1) is 0 Å². The summed E-state index contributed by atoms with van der Waals surface area (Å²) in [6.45, 7) is 6.97. The third-order valence-corrected chi connectivity index (χ3v) is 12.6. The molecule has 0 N–H and O–H groups in total. The third-order valence-electron chi connectivity index (χ3n) is 9.29. The van der Waals surface area contributed by atoms with E-state index >= 15 is 0 Å². The Bertz CT molecular complexity index is 2520. The van der Waals surface area contributed by atoms with Crippen molar-refractivity contribution >= 4 is 91.2 Å². The number of para-hydroxylation sites is 1. The highest BCUT2D eigenvalue weighted by atomic mass is 32.1. The van der Waals surface area contributed by atoms with Gasteiger partial charge in [0.25, 0.3) is 6.71 Å². The van der Waals surface area contributed by atoms with Gasteiger partial charge in [0.2, 0.25) is 0 Å². The summed E-state index contributed by atoms with van der Waals surface area (Å²) in [4.78, 5) is 4.72. The van der Waals surface area contributed by atoms with Gasteiger partial charge in [-0.25, -0.2) is 0 Å². The number of hydrogen-bond acceptors (Lipinski definition) is 3. The molecule has 2 aliphatic heterocycles. The van der Waals surface area contributed by atoms with Crippen molar-refractivity contribution < 1.29 is 6.85 Å². The minimum absolute atomic E-state index is 0.0786. The molecule has 1 aromatic heterocycles. The average molecular weight is 630 g/mol. The molecule has 0 atom stereocenters. The molecule has 9 rings (SSSR count). The van der Waals surface area contributed by atoms with E-state index in [-0.39, 0.29) is 42.5 Å². The van der Waals surface area contributed by atoms with Gasteiger partial charge in [0, 0.05) is 43.3 Å². The molecule has 220 valence electrons. The van der Waals surface area contributed by atoms with Crippen molar-refractivity contribution in [2.75, 3.05) is 9.80 Å². The van der Waals surface area contributed by atoms with E-state index in [1.807, 2.05) is 23.5 Å². The fraction of sp³-hybridized carbons (Fsp3) is 0.0732. The first-order valence-electron chi connectivity index (χ1n) is 18.2. The van der Waals surface area contributed by atoms with E-state index in [1.165, 1.54) is 31.2 Å². The Hall–Kier alpha value is -4.84. The van der Waals surface area contributed by atoms with Crippen LogP contribution in [0.15, 0.2) is 145 Å². The van der Waals surface area contributed by atoms with Gasteiger partial charge in [0.15, 0.2) is 0 Å². The fourth-order valence-electron chi connectivity index (χ4n) is 7.15. The molecule has 7 aromatic rings.